The van der Waals surface area contributed by atoms with Gasteiger partial charge in [-0.1, -0.05) is 24.1 Å². The first kappa shape index (κ1) is 20.1. The highest BCUT2D eigenvalue weighted by Gasteiger charge is 2.25. The molecule has 1 aliphatic rings. The van der Waals surface area contributed by atoms with Crippen molar-refractivity contribution in [2.75, 3.05) is 23.7 Å². The van der Waals surface area contributed by atoms with Crippen LogP contribution in [0.2, 0.25) is 5.02 Å². The summed E-state index contributed by atoms with van der Waals surface area (Å²) in [6, 6.07) is 12.2. The Bertz CT molecular complexity index is 924. The standard InChI is InChI=1S/C19H22ClN3O2S2/c1-14-17(20)6-5-7-18(14)22-19(26)21-15-8-10-16(11-9-15)27(24,25)23-12-3-2-4-13-23/h5-11H,2-4,12-13H2,1H3,(H2,21,22,26). The van der Waals surface area contributed by atoms with E-state index in [4.69, 9.17) is 23.8 Å². The molecule has 0 spiro atoms. The molecule has 0 radical (unpaired) electrons. The van der Waals surface area contributed by atoms with Crippen molar-refractivity contribution < 1.29 is 8.42 Å². The van der Waals surface area contributed by atoms with Gasteiger partial charge in [-0.2, -0.15) is 4.31 Å². The molecule has 27 heavy (non-hydrogen) atoms. The highest BCUT2D eigenvalue weighted by atomic mass is 35.5. The van der Waals surface area contributed by atoms with Gasteiger partial charge in [0.05, 0.1) is 4.90 Å². The monoisotopic (exact) mass is 423 g/mol. The molecule has 0 amide bonds. The molecule has 8 heteroatoms. The Morgan fingerprint density at radius 3 is 2.37 bits per heavy atom. The topological polar surface area (TPSA) is 61.4 Å². The van der Waals surface area contributed by atoms with E-state index in [0.717, 1.165) is 30.5 Å². The van der Waals surface area contributed by atoms with Crippen LogP contribution < -0.4 is 10.6 Å². The fourth-order valence-electron chi connectivity index (χ4n) is 2.99. The van der Waals surface area contributed by atoms with Crippen molar-refractivity contribution in [2.24, 2.45) is 0 Å². The summed E-state index contributed by atoms with van der Waals surface area (Å²) in [6.45, 7) is 3.10. The predicted molar refractivity (Wildman–Crippen MR) is 115 cm³/mol. The van der Waals surface area contributed by atoms with Crippen LogP contribution in [0.1, 0.15) is 24.8 Å². The van der Waals surface area contributed by atoms with Gasteiger partial charge in [0.1, 0.15) is 0 Å². The number of benzene rings is 2. The predicted octanol–water partition coefficient (Wildman–Crippen LogP) is 4.63. The van der Waals surface area contributed by atoms with Gasteiger partial charge in [-0.15, -0.1) is 0 Å². The maximum atomic E-state index is 12.7. The van der Waals surface area contributed by atoms with Crippen LogP contribution in [0.15, 0.2) is 47.4 Å². The van der Waals surface area contributed by atoms with Crippen LogP contribution in [-0.2, 0) is 10.0 Å². The summed E-state index contributed by atoms with van der Waals surface area (Å²) in [5, 5.41) is 7.24. The molecular formula is C19H22ClN3O2S2. The van der Waals surface area contributed by atoms with E-state index in [-0.39, 0.29) is 0 Å². The second kappa shape index (κ2) is 8.56. The summed E-state index contributed by atoms with van der Waals surface area (Å²) in [7, 11) is -3.42. The number of rotatable bonds is 4. The van der Waals surface area contributed by atoms with Crippen LogP contribution in [-0.4, -0.2) is 30.9 Å². The van der Waals surface area contributed by atoms with Crippen molar-refractivity contribution in [2.45, 2.75) is 31.1 Å². The number of piperidine rings is 1. The van der Waals surface area contributed by atoms with Gasteiger partial charge >= 0.3 is 0 Å². The van der Waals surface area contributed by atoms with Gasteiger partial charge in [0, 0.05) is 29.5 Å². The van der Waals surface area contributed by atoms with Crippen molar-refractivity contribution in [3.63, 3.8) is 0 Å². The number of nitrogens with one attached hydrogen (secondary N) is 2. The zero-order valence-corrected chi connectivity index (χ0v) is 17.4. The Hall–Kier alpha value is -1.67. The average molecular weight is 424 g/mol. The van der Waals surface area contributed by atoms with Gasteiger partial charge < -0.3 is 10.6 Å². The molecule has 0 saturated carbocycles. The average Bonchev–Trinajstić information content (AvgIpc) is 2.66. The molecule has 1 saturated heterocycles. The lowest BCUT2D eigenvalue weighted by Crippen LogP contribution is -2.35. The van der Waals surface area contributed by atoms with E-state index in [0.29, 0.717) is 33.8 Å². The van der Waals surface area contributed by atoms with Crippen molar-refractivity contribution in [3.8, 4) is 0 Å². The summed E-state index contributed by atoms with van der Waals surface area (Å²) in [5.41, 5.74) is 2.44. The van der Waals surface area contributed by atoms with E-state index >= 15 is 0 Å². The molecule has 0 aromatic heterocycles. The number of thiocarbonyl (C=S) groups is 1. The number of hydrogen-bond acceptors (Lipinski definition) is 3. The smallest absolute Gasteiger partial charge is 0.243 e. The van der Waals surface area contributed by atoms with Crippen LogP contribution in [0.25, 0.3) is 0 Å². The van der Waals surface area contributed by atoms with Crippen LogP contribution in [0, 0.1) is 6.92 Å². The molecule has 0 unspecified atom stereocenters. The van der Waals surface area contributed by atoms with Gasteiger partial charge in [-0.3, -0.25) is 0 Å². The summed E-state index contributed by atoms with van der Waals surface area (Å²) < 4.78 is 26.9. The van der Waals surface area contributed by atoms with Gasteiger partial charge in [0.15, 0.2) is 5.11 Å². The third-order valence-electron chi connectivity index (χ3n) is 4.58. The molecule has 0 aliphatic carbocycles. The molecular weight excluding hydrogens is 402 g/mol. The van der Waals surface area contributed by atoms with Crippen molar-refractivity contribution in [1.29, 1.82) is 0 Å². The number of hydrogen-bond donors (Lipinski definition) is 2. The maximum Gasteiger partial charge on any atom is 0.243 e. The van der Waals surface area contributed by atoms with Crippen LogP contribution >= 0.6 is 23.8 Å². The summed E-state index contributed by atoms with van der Waals surface area (Å²) in [5.74, 6) is 0. The first-order chi connectivity index (χ1) is 12.9. The molecule has 1 heterocycles. The molecule has 144 valence electrons. The number of halogens is 1. The van der Waals surface area contributed by atoms with Crippen molar-refractivity contribution in [1.82, 2.24) is 4.31 Å². The first-order valence-corrected chi connectivity index (χ1v) is 11.0. The molecule has 0 bridgehead atoms. The Labute approximate surface area is 170 Å². The maximum absolute atomic E-state index is 12.7. The Kier molecular flexibility index (Phi) is 6.37. The normalized spacial score (nSPS) is 15.3. The molecule has 1 aliphatic heterocycles. The lowest BCUT2D eigenvalue weighted by molar-refractivity contribution is 0.346. The Morgan fingerprint density at radius 2 is 1.70 bits per heavy atom. The SMILES string of the molecule is Cc1c(Cl)cccc1NC(=S)Nc1ccc(S(=O)(=O)N2CCCCC2)cc1. The second-order valence-corrected chi connectivity index (χ2v) is 9.23. The van der Waals surface area contributed by atoms with E-state index in [2.05, 4.69) is 10.6 Å². The lowest BCUT2D eigenvalue weighted by atomic mass is 10.2. The van der Waals surface area contributed by atoms with E-state index in [9.17, 15) is 8.42 Å². The Morgan fingerprint density at radius 1 is 1.04 bits per heavy atom. The third kappa shape index (κ3) is 4.79. The van der Waals surface area contributed by atoms with Crippen LogP contribution in [0.3, 0.4) is 0 Å². The quantitative estimate of drug-likeness (QED) is 0.702. The largest absolute Gasteiger partial charge is 0.332 e. The molecule has 2 N–H and O–H groups in total. The van der Waals surface area contributed by atoms with Crippen LogP contribution in [0.4, 0.5) is 11.4 Å². The zero-order valence-electron chi connectivity index (χ0n) is 15.0. The summed E-state index contributed by atoms with van der Waals surface area (Å²) in [6.07, 6.45) is 2.93. The third-order valence-corrected chi connectivity index (χ3v) is 7.11. The van der Waals surface area contributed by atoms with E-state index < -0.39 is 10.0 Å². The van der Waals surface area contributed by atoms with E-state index in [1.54, 1.807) is 28.6 Å². The Balaban J connectivity index is 1.66. The van der Waals surface area contributed by atoms with Gasteiger partial charge in [-0.05, 0) is 73.9 Å². The molecule has 5 nitrogen and oxygen atoms in total. The van der Waals surface area contributed by atoms with E-state index in [1.807, 2.05) is 25.1 Å². The van der Waals surface area contributed by atoms with Crippen molar-refractivity contribution >= 4 is 50.3 Å². The number of sulfonamides is 1. The first-order valence-electron chi connectivity index (χ1n) is 8.81. The highest BCUT2D eigenvalue weighted by Crippen LogP contribution is 2.24. The van der Waals surface area contributed by atoms with Gasteiger partial charge in [0.2, 0.25) is 10.0 Å². The second-order valence-electron chi connectivity index (χ2n) is 6.48. The molecule has 2 aromatic rings. The fourth-order valence-corrected chi connectivity index (χ4v) is 4.91. The zero-order chi connectivity index (χ0) is 19.4. The number of anilines is 2. The van der Waals surface area contributed by atoms with Crippen molar-refractivity contribution in [3.05, 3.63) is 53.1 Å². The summed E-state index contributed by atoms with van der Waals surface area (Å²) in [4.78, 5) is 0.305. The molecule has 1 fully saturated rings. The minimum atomic E-state index is -3.42. The van der Waals surface area contributed by atoms with Gasteiger partial charge in [0.25, 0.3) is 0 Å². The lowest BCUT2D eigenvalue weighted by Gasteiger charge is -2.25. The minimum Gasteiger partial charge on any atom is -0.332 e. The molecule has 2 aromatic carbocycles. The fraction of sp³-hybridized carbons (Fsp3) is 0.316. The molecule has 3 rings (SSSR count). The van der Waals surface area contributed by atoms with Crippen LogP contribution in [0.5, 0.6) is 0 Å². The highest BCUT2D eigenvalue weighted by molar-refractivity contribution is 7.89. The minimum absolute atomic E-state index is 0.305. The number of nitrogens with zero attached hydrogens (tertiary/aromatic N) is 1. The van der Waals surface area contributed by atoms with Gasteiger partial charge in [-0.25, -0.2) is 8.42 Å². The summed E-state index contributed by atoms with van der Waals surface area (Å²) >= 11 is 11.5. The van der Waals surface area contributed by atoms with E-state index in [1.165, 1.54) is 0 Å². The molecule has 0 atom stereocenters.